The van der Waals surface area contributed by atoms with Gasteiger partial charge in [-0.05, 0) is 12.1 Å². The lowest BCUT2D eigenvalue weighted by Crippen LogP contribution is -2.34. The molecule has 1 N–H and O–H groups in total. The SMILES string of the molecule is O=c1cc(Cl)[nH]c(=O)n1Cc1ccccn1. The van der Waals surface area contributed by atoms with E-state index in [2.05, 4.69) is 9.97 Å². The highest BCUT2D eigenvalue weighted by Crippen LogP contribution is 1.96. The molecule has 6 heteroatoms. The Balaban J connectivity index is 2.44. The van der Waals surface area contributed by atoms with Crippen LogP contribution in [0.15, 0.2) is 40.1 Å². The van der Waals surface area contributed by atoms with Gasteiger partial charge in [0.15, 0.2) is 0 Å². The Morgan fingerprint density at radius 2 is 2.19 bits per heavy atom. The van der Waals surface area contributed by atoms with Crippen molar-refractivity contribution in [1.82, 2.24) is 14.5 Å². The molecule has 2 aromatic heterocycles. The first-order chi connectivity index (χ1) is 7.66. The minimum absolute atomic E-state index is 0.0345. The van der Waals surface area contributed by atoms with E-state index in [1.54, 1.807) is 24.4 Å². The summed E-state index contributed by atoms with van der Waals surface area (Å²) in [6, 6.07) is 6.45. The average molecular weight is 238 g/mol. The van der Waals surface area contributed by atoms with E-state index >= 15 is 0 Å². The quantitative estimate of drug-likeness (QED) is 0.779. The third kappa shape index (κ3) is 2.20. The van der Waals surface area contributed by atoms with Crippen LogP contribution < -0.4 is 11.2 Å². The van der Waals surface area contributed by atoms with E-state index in [0.717, 1.165) is 10.6 Å². The zero-order valence-electron chi connectivity index (χ0n) is 8.18. The van der Waals surface area contributed by atoms with E-state index in [1.807, 2.05) is 0 Å². The predicted molar refractivity (Wildman–Crippen MR) is 59.7 cm³/mol. The largest absolute Gasteiger partial charge is 0.329 e. The molecule has 82 valence electrons. The number of aromatic amines is 1. The highest BCUT2D eigenvalue weighted by molar-refractivity contribution is 6.29. The Morgan fingerprint density at radius 3 is 2.81 bits per heavy atom. The highest BCUT2D eigenvalue weighted by Gasteiger charge is 2.04. The number of halogens is 1. The van der Waals surface area contributed by atoms with Crippen LogP contribution in [-0.2, 0) is 6.54 Å². The Morgan fingerprint density at radius 1 is 1.38 bits per heavy atom. The Kier molecular flexibility index (Phi) is 2.87. The second-order valence-corrected chi connectivity index (χ2v) is 3.58. The maximum Gasteiger partial charge on any atom is 0.329 e. The summed E-state index contributed by atoms with van der Waals surface area (Å²) in [5.41, 5.74) is -0.347. The summed E-state index contributed by atoms with van der Waals surface area (Å²) in [5, 5.41) is 0.0345. The van der Waals surface area contributed by atoms with Gasteiger partial charge in [0.2, 0.25) is 0 Å². The van der Waals surface area contributed by atoms with Gasteiger partial charge in [-0.15, -0.1) is 0 Å². The average Bonchev–Trinajstić information content (AvgIpc) is 2.25. The van der Waals surface area contributed by atoms with Gasteiger partial charge in [0.25, 0.3) is 5.56 Å². The van der Waals surface area contributed by atoms with E-state index in [0.29, 0.717) is 5.69 Å². The summed E-state index contributed by atoms with van der Waals surface area (Å²) in [5.74, 6) is 0. The second-order valence-electron chi connectivity index (χ2n) is 3.17. The minimum Gasteiger partial charge on any atom is -0.298 e. The van der Waals surface area contributed by atoms with Crippen molar-refractivity contribution >= 4 is 11.6 Å². The van der Waals surface area contributed by atoms with Crippen LogP contribution in [-0.4, -0.2) is 14.5 Å². The lowest BCUT2D eigenvalue weighted by molar-refractivity contribution is 0.685. The molecular weight excluding hydrogens is 230 g/mol. The molecule has 2 aromatic rings. The number of H-pyrrole nitrogens is 1. The zero-order valence-corrected chi connectivity index (χ0v) is 8.94. The molecule has 5 nitrogen and oxygen atoms in total. The first-order valence-corrected chi connectivity index (χ1v) is 4.94. The third-order valence-corrected chi connectivity index (χ3v) is 2.24. The molecule has 0 aliphatic carbocycles. The van der Waals surface area contributed by atoms with Crippen molar-refractivity contribution in [1.29, 1.82) is 0 Å². The van der Waals surface area contributed by atoms with Crippen molar-refractivity contribution in [2.24, 2.45) is 0 Å². The molecule has 0 saturated heterocycles. The van der Waals surface area contributed by atoms with Crippen molar-refractivity contribution in [3.63, 3.8) is 0 Å². The summed E-state index contributed by atoms with van der Waals surface area (Å²) in [6.45, 7) is 0.131. The number of nitrogens with zero attached hydrogens (tertiary/aromatic N) is 2. The van der Waals surface area contributed by atoms with E-state index in [4.69, 9.17) is 11.6 Å². The van der Waals surface area contributed by atoms with Gasteiger partial charge in [0.1, 0.15) is 5.15 Å². The van der Waals surface area contributed by atoms with E-state index < -0.39 is 11.2 Å². The molecule has 0 aliphatic rings. The molecule has 0 amide bonds. The van der Waals surface area contributed by atoms with Gasteiger partial charge >= 0.3 is 5.69 Å². The highest BCUT2D eigenvalue weighted by atomic mass is 35.5. The van der Waals surface area contributed by atoms with Gasteiger partial charge in [-0.3, -0.25) is 19.3 Å². The summed E-state index contributed by atoms with van der Waals surface area (Å²) < 4.78 is 1.04. The van der Waals surface area contributed by atoms with Crippen molar-refractivity contribution in [2.75, 3.05) is 0 Å². The molecule has 0 saturated carbocycles. The molecule has 2 rings (SSSR count). The predicted octanol–water partition coefficient (Wildman–Crippen LogP) is 0.633. The topological polar surface area (TPSA) is 67.8 Å². The fourth-order valence-electron chi connectivity index (χ4n) is 1.30. The molecule has 0 atom stereocenters. The molecular formula is C10H8ClN3O2. The summed E-state index contributed by atoms with van der Waals surface area (Å²) in [7, 11) is 0. The van der Waals surface area contributed by atoms with Crippen LogP contribution in [0.2, 0.25) is 5.15 Å². The normalized spacial score (nSPS) is 10.3. The molecule has 0 radical (unpaired) electrons. The summed E-state index contributed by atoms with van der Waals surface area (Å²) >= 11 is 5.54. The molecule has 0 aromatic carbocycles. The molecule has 0 bridgehead atoms. The van der Waals surface area contributed by atoms with Crippen molar-refractivity contribution in [3.05, 3.63) is 62.1 Å². The first-order valence-electron chi connectivity index (χ1n) is 4.56. The molecule has 2 heterocycles. The lowest BCUT2D eigenvalue weighted by atomic mass is 10.3. The number of aromatic nitrogens is 3. The summed E-state index contributed by atoms with van der Waals surface area (Å²) in [6.07, 6.45) is 1.60. The van der Waals surface area contributed by atoms with Gasteiger partial charge in [0, 0.05) is 12.3 Å². The number of rotatable bonds is 2. The summed E-state index contributed by atoms with van der Waals surface area (Å²) in [4.78, 5) is 29.3. The van der Waals surface area contributed by atoms with E-state index in [-0.39, 0.29) is 11.7 Å². The third-order valence-electron chi connectivity index (χ3n) is 2.03. The molecule has 0 aliphatic heterocycles. The van der Waals surface area contributed by atoms with Gasteiger partial charge in [-0.2, -0.15) is 0 Å². The second kappa shape index (κ2) is 4.32. The van der Waals surface area contributed by atoms with Crippen LogP contribution in [0.1, 0.15) is 5.69 Å². The molecule has 16 heavy (non-hydrogen) atoms. The van der Waals surface area contributed by atoms with Crippen LogP contribution >= 0.6 is 11.6 Å². The fraction of sp³-hybridized carbons (Fsp3) is 0.100. The van der Waals surface area contributed by atoms with Crippen molar-refractivity contribution < 1.29 is 0 Å². The van der Waals surface area contributed by atoms with Crippen molar-refractivity contribution in [2.45, 2.75) is 6.54 Å². The standard InChI is InChI=1S/C10H8ClN3O2/c11-8-5-9(15)14(10(16)13-8)6-7-3-1-2-4-12-7/h1-5H,6H2,(H,13,16). The van der Waals surface area contributed by atoms with Gasteiger partial charge < -0.3 is 0 Å². The molecule has 0 unspecified atom stereocenters. The van der Waals surface area contributed by atoms with E-state index in [9.17, 15) is 9.59 Å². The van der Waals surface area contributed by atoms with Crippen molar-refractivity contribution in [3.8, 4) is 0 Å². The Hall–Kier alpha value is -1.88. The van der Waals surface area contributed by atoms with E-state index in [1.165, 1.54) is 0 Å². The molecule has 0 spiro atoms. The lowest BCUT2D eigenvalue weighted by Gasteiger charge is -2.03. The van der Waals surface area contributed by atoms with Crippen LogP contribution in [0, 0.1) is 0 Å². The molecule has 0 fully saturated rings. The van der Waals surface area contributed by atoms with Crippen LogP contribution in [0.25, 0.3) is 0 Å². The maximum atomic E-state index is 11.5. The number of hydrogen-bond donors (Lipinski definition) is 1. The van der Waals surface area contributed by atoms with Crippen LogP contribution in [0.4, 0.5) is 0 Å². The fourth-order valence-corrected chi connectivity index (χ4v) is 1.47. The number of pyridine rings is 1. The first kappa shape index (κ1) is 10.6. The van der Waals surface area contributed by atoms with Crippen LogP contribution in [0.3, 0.4) is 0 Å². The number of hydrogen-bond acceptors (Lipinski definition) is 3. The van der Waals surface area contributed by atoms with Gasteiger partial charge in [-0.1, -0.05) is 17.7 Å². The Labute approximate surface area is 95.3 Å². The zero-order chi connectivity index (χ0) is 11.5. The minimum atomic E-state index is -0.539. The Bertz CT molecular complexity index is 572. The van der Waals surface area contributed by atoms with Gasteiger partial charge in [0.05, 0.1) is 12.2 Å². The smallest absolute Gasteiger partial charge is 0.298 e. The monoisotopic (exact) mass is 237 g/mol. The van der Waals surface area contributed by atoms with Gasteiger partial charge in [-0.25, -0.2) is 4.79 Å². The van der Waals surface area contributed by atoms with Crippen LogP contribution in [0.5, 0.6) is 0 Å². The maximum absolute atomic E-state index is 11.5. The number of nitrogens with one attached hydrogen (secondary N) is 1.